The maximum atomic E-state index is 13.3. The summed E-state index contributed by atoms with van der Waals surface area (Å²) in [6, 6.07) is 7.68. The minimum atomic E-state index is -0.918. The van der Waals surface area contributed by atoms with Gasteiger partial charge in [0.1, 0.15) is 5.82 Å². The summed E-state index contributed by atoms with van der Waals surface area (Å²) in [6.07, 6.45) is 3.20. The van der Waals surface area contributed by atoms with Gasteiger partial charge in [0, 0.05) is 30.1 Å². The number of H-pyrrole nitrogens is 1. The first kappa shape index (κ1) is 11.9. The first-order valence-electron chi connectivity index (χ1n) is 6.27. The molecule has 1 N–H and O–H groups in total. The summed E-state index contributed by atoms with van der Waals surface area (Å²) < 4.78 is 26.5. The molecule has 0 spiro atoms. The number of rotatable bonds is 1. The summed E-state index contributed by atoms with van der Waals surface area (Å²) in [5.74, 6) is -1.32. The minimum Gasteiger partial charge on any atom is -0.338 e. The maximum Gasteiger partial charge on any atom is 0.161 e. The standard InChI is InChI=1S/C15H8F2N4/c16-9-6-12-13(7-10(9)17)21-15(20-12)8-2-1-3-11-14(8)19-5-4-18-11/h1-7H,(H,20,21). The smallest absolute Gasteiger partial charge is 0.161 e. The first-order chi connectivity index (χ1) is 10.2. The number of fused-ring (bicyclic) bond motifs is 2. The van der Waals surface area contributed by atoms with Crippen molar-refractivity contribution in [3.8, 4) is 11.4 Å². The average Bonchev–Trinajstić information content (AvgIpc) is 2.90. The summed E-state index contributed by atoms with van der Waals surface area (Å²) in [7, 11) is 0. The maximum absolute atomic E-state index is 13.3. The molecule has 0 aliphatic rings. The Labute approximate surface area is 117 Å². The zero-order chi connectivity index (χ0) is 14.4. The van der Waals surface area contributed by atoms with E-state index < -0.39 is 11.6 Å². The van der Waals surface area contributed by atoms with E-state index in [0.29, 0.717) is 22.4 Å². The largest absolute Gasteiger partial charge is 0.338 e. The molecule has 0 aliphatic heterocycles. The number of nitrogens with zero attached hydrogens (tertiary/aromatic N) is 3. The van der Waals surface area contributed by atoms with E-state index in [0.717, 1.165) is 23.2 Å². The third-order valence-corrected chi connectivity index (χ3v) is 3.28. The van der Waals surface area contributed by atoms with Gasteiger partial charge >= 0.3 is 0 Å². The van der Waals surface area contributed by atoms with Gasteiger partial charge in [-0.05, 0) is 12.1 Å². The molecule has 2 heterocycles. The van der Waals surface area contributed by atoms with E-state index in [2.05, 4.69) is 19.9 Å². The molecule has 4 nitrogen and oxygen atoms in total. The third kappa shape index (κ3) is 1.84. The van der Waals surface area contributed by atoms with Crippen LogP contribution in [0, 0.1) is 11.6 Å². The van der Waals surface area contributed by atoms with Crippen molar-refractivity contribution >= 4 is 22.1 Å². The Bertz CT molecular complexity index is 934. The van der Waals surface area contributed by atoms with Gasteiger partial charge in [0.25, 0.3) is 0 Å². The Morgan fingerprint density at radius 2 is 1.71 bits per heavy atom. The van der Waals surface area contributed by atoms with Crippen LogP contribution < -0.4 is 0 Å². The van der Waals surface area contributed by atoms with Crippen LogP contribution in [0.1, 0.15) is 0 Å². The molecule has 0 atom stereocenters. The summed E-state index contributed by atoms with van der Waals surface area (Å²) in [5.41, 5.74) is 2.94. The van der Waals surface area contributed by atoms with Gasteiger partial charge in [-0.1, -0.05) is 6.07 Å². The van der Waals surface area contributed by atoms with Gasteiger partial charge in [-0.3, -0.25) is 9.97 Å². The van der Waals surface area contributed by atoms with Crippen molar-refractivity contribution in [3.63, 3.8) is 0 Å². The highest BCUT2D eigenvalue weighted by Gasteiger charge is 2.12. The van der Waals surface area contributed by atoms with Crippen LogP contribution in [-0.4, -0.2) is 19.9 Å². The Balaban J connectivity index is 2.00. The lowest BCUT2D eigenvalue weighted by molar-refractivity contribution is 0.510. The number of nitrogens with one attached hydrogen (secondary N) is 1. The molecule has 0 bridgehead atoms. The van der Waals surface area contributed by atoms with E-state index in [4.69, 9.17) is 0 Å². The number of aromatic nitrogens is 4. The van der Waals surface area contributed by atoms with Crippen LogP contribution in [0.5, 0.6) is 0 Å². The molecule has 2 aromatic heterocycles. The highest BCUT2D eigenvalue weighted by Crippen LogP contribution is 2.26. The molecular weight excluding hydrogens is 274 g/mol. The van der Waals surface area contributed by atoms with Crippen LogP contribution in [0.2, 0.25) is 0 Å². The second kappa shape index (κ2) is 4.31. The van der Waals surface area contributed by atoms with Crippen molar-refractivity contribution in [1.29, 1.82) is 0 Å². The SMILES string of the molecule is Fc1cc2nc(-c3cccc4nccnc34)[nH]c2cc1F. The zero-order valence-electron chi connectivity index (χ0n) is 10.6. The summed E-state index contributed by atoms with van der Waals surface area (Å²) in [6.45, 7) is 0. The predicted octanol–water partition coefficient (Wildman–Crippen LogP) is 3.45. The molecule has 0 saturated heterocycles. The topological polar surface area (TPSA) is 54.5 Å². The van der Waals surface area contributed by atoms with Crippen molar-refractivity contribution in [2.24, 2.45) is 0 Å². The number of aromatic amines is 1. The molecule has 102 valence electrons. The number of benzene rings is 2. The Morgan fingerprint density at radius 1 is 0.905 bits per heavy atom. The summed E-state index contributed by atoms with van der Waals surface area (Å²) in [5, 5.41) is 0. The van der Waals surface area contributed by atoms with Crippen LogP contribution in [0.3, 0.4) is 0 Å². The highest BCUT2D eigenvalue weighted by atomic mass is 19.2. The van der Waals surface area contributed by atoms with Crippen LogP contribution in [0.25, 0.3) is 33.5 Å². The van der Waals surface area contributed by atoms with Gasteiger partial charge in [-0.25, -0.2) is 13.8 Å². The molecule has 0 aliphatic carbocycles. The van der Waals surface area contributed by atoms with Gasteiger partial charge in [0.15, 0.2) is 11.6 Å². The third-order valence-electron chi connectivity index (χ3n) is 3.28. The minimum absolute atomic E-state index is 0.366. The molecule has 0 amide bonds. The normalized spacial score (nSPS) is 11.3. The highest BCUT2D eigenvalue weighted by molar-refractivity contribution is 5.91. The van der Waals surface area contributed by atoms with Crippen LogP contribution in [-0.2, 0) is 0 Å². The number of hydrogen-bond donors (Lipinski definition) is 1. The monoisotopic (exact) mass is 282 g/mol. The molecule has 0 unspecified atom stereocenters. The van der Waals surface area contributed by atoms with Crippen molar-refractivity contribution < 1.29 is 8.78 Å². The van der Waals surface area contributed by atoms with Crippen LogP contribution in [0.15, 0.2) is 42.7 Å². The van der Waals surface area contributed by atoms with Gasteiger partial charge < -0.3 is 4.98 Å². The van der Waals surface area contributed by atoms with E-state index in [1.807, 2.05) is 18.2 Å². The van der Waals surface area contributed by atoms with E-state index >= 15 is 0 Å². The zero-order valence-corrected chi connectivity index (χ0v) is 10.6. The van der Waals surface area contributed by atoms with E-state index in [9.17, 15) is 8.78 Å². The number of halogens is 2. The lowest BCUT2D eigenvalue weighted by atomic mass is 10.1. The lowest BCUT2D eigenvalue weighted by Gasteiger charge is -2.01. The Kier molecular flexibility index (Phi) is 2.44. The van der Waals surface area contributed by atoms with Gasteiger partial charge in [0.05, 0.1) is 22.1 Å². The molecule has 0 saturated carbocycles. The van der Waals surface area contributed by atoms with Crippen LogP contribution >= 0.6 is 0 Å². The van der Waals surface area contributed by atoms with Crippen LogP contribution in [0.4, 0.5) is 8.78 Å². The number of para-hydroxylation sites is 1. The molecular formula is C15H8F2N4. The molecule has 4 aromatic rings. The quantitative estimate of drug-likeness (QED) is 0.581. The van der Waals surface area contributed by atoms with Crippen molar-refractivity contribution in [2.45, 2.75) is 0 Å². The van der Waals surface area contributed by atoms with Crippen molar-refractivity contribution in [1.82, 2.24) is 19.9 Å². The molecule has 0 radical (unpaired) electrons. The van der Waals surface area contributed by atoms with Gasteiger partial charge in [0.2, 0.25) is 0 Å². The van der Waals surface area contributed by atoms with E-state index in [-0.39, 0.29) is 0 Å². The Morgan fingerprint density at radius 3 is 2.62 bits per heavy atom. The first-order valence-corrected chi connectivity index (χ1v) is 6.27. The van der Waals surface area contributed by atoms with Gasteiger partial charge in [-0.15, -0.1) is 0 Å². The van der Waals surface area contributed by atoms with Crippen molar-refractivity contribution in [2.75, 3.05) is 0 Å². The van der Waals surface area contributed by atoms with Crippen molar-refractivity contribution in [3.05, 3.63) is 54.4 Å². The Hall–Kier alpha value is -2.89. The number of hydrogen-bond acceptors (Lipinski definition) is 3. The lowest BCUT2D eigenvalue weighted by Crippen LogP contribution is -1.87. The second-order valence-corrected chi connectivity index (χ2v) is 4.60. The summed E-state index contributed by atoms with van der Waals surface area (Å²) in [4.78, 5) is 15.8. The van der Waals surface area contributed by atoms with Gasteiger partial charge in [-0.2, -0.15) is 0 Å². The molecule has 6 heteroatoms. The summed E-state index contributed by atoms with van der Waals surface area (Å²) >= 11 is 0. The molecule has 4 rings (SSSR count). The van der Waals surface area contributed by atoms with E-state index in [1.165, 1.54) is 0 Å². The predicted molar refractivity (Wildman–Crippen MR) is 74.5 cm³/mol. The average molecular weight is 282 g/mol. The second-order valence-electron chi connectivity index (χ2n) is 4.60. The molecule has 0 fully saturated rings. The molecule has 2 aromatic carbocycles. The van der Waals surface area contributed by atoms with E-state index in [1.54, 1.807) is 12.4 Å². The fourth-order valence-electron chi connectivity index (χ4n) is 2.32. The fourth-order valence-corrected chi connectivity index (χ4v) is 2.32. The molecule has 21 heavy (non-hydrogen) atoms. The fraction of sp³-hybridized carbons (Fsp3) is 0. The number of imidazole rings is 1.